The van der Waals surface area contributed by atoms with Gasteiger partial charge in [0, 0.05) is 20.5 Å². The Morgan fingerprint density at radius 3 is 2.17 bits per heavy atom. The van der Waals surface area contributed by atoms with Gasteiger partial charge in [0.2, 0.25) is 5.78 Å². The summed E-state index contributed by atoms with van der Waals surface area (Å²) in [6, 6.07) is 25.1. The Kier molecular flexibility index (Phi) is 7.60. The molecule has 0 spiro atoms. The minimum absolute atomic E-state index is 0.127. The lowest BCUT2D eigenvalue weighted by atomic mass is 9.83. The minimum atomic E-state index is -0.844. The second kappa shape index (κ2) is 11.0. The Hall–Kier alpha value is -3.93. The lowest BCUT2D eigenvalue weighted by Crippen LogP contribution is -2.42. The van der Waals surface area contributed by atoms with Crippen LogP contribution in [0, 0.1) is 5.92 Å². The van der Waals surface area contributed by atoms with E-state index in [0.29, 0.717) is 12.3 Å². The Morgan fingerprint density at radius 1 is 0.943 bits per heavy atom. The van der Waals surface area contributed by atoms with E-state index in [1.165, 1.54) is 6.92 Å². The molecule has 6 nitrogen and oxygen atoms in total. The standard InChI is InChI=1S/C29H30N2O4/c1-20(32)28(33)35-26-15-9-14-24-18-21(16-17-25(24)26)19-31(2)29(34)30-27(22-10-5-3-6-11-22)23-12-7-4-8-13-23/h3-15,21,27H,16-19H2,1-2H3,(H,30,34). The zero-order valence-electron chi connectivity index (χ0n) is 20.1. The van der Waals surface area contributed by atoms with Gasteiger partial charge in [-0.3, -0.25) is 4.79 Å². The highest BCUT2D eigenvalue weighted by Crippen LogP contribution is 2.33. The Bertz CT molecular complexity index is 1150. The van der Waals surface area contributed by atoms with Crippen LogP contribution in [0.2, 0.25) is 0 Å². The van der Waals surface area contributed by atoms with E-state index in [4.69, 9.17) is 4.74 Å². The van der Waals surface area contributed by atoms with Crippen molar-refractivity contribution in [2.24, 2.45) is 5.92 Å². The van der Waals surface area contributed by atoms with Crippen molar-refractivity contribution in [3.8, 4) is 5.75 Å². The summed E-state index contributed by atoms with van der Waals surface area (Å²) in [6.07, 6.45) is 2.37. The van der Waals surface area contributed by atoms with Crippen molar-refractivity contribution < 1.29 is 19.1 Å². The zero-order chi connectivity index (χ0) is 24.8. The lowest BCUT2D eigenvalue weighted by Gasteiger charge is -2.30. The van der Waals surface area contributed by atoms with E-state index in [-0.39, 0.29) is 18.0 Å². The van der Waals surface area contributed by atoms with Crippen LogP contribution in [0.25, 0.3) is 0 Å². The van der Waals surface area contributed by atoms with Gasteiger partial charge in [-0.25, -0.2) is 9.59 Å². The molecule has 3 aromatic carbocycles. The van der Waals surface area contributed by atoms with E-state index in [1.54, 1.807) is 11.0 Å². The number of nitrogens with one attached hydrogen (secondary N) is 1. The van der Waals surface area contributed by atoms with Crippen molar-refractivity contribution in [3.05, 3.63) is 101 Å². The van der Waals surface area contributed by atoms with Gasteiger partial charge in [-0.1, -0.05) is 72.8 Å². The number of amides is 2. The minimum Gasteiger partial charge on any atom is -0.421 e. The third kappa shape index (κ3) is 5.96. The molecule has 1 aliphatic rings. The van der Waals surface area contributed by atoms with Crippen LogP contribution in [0.15, 0.2) is 78.9 Å². The average Bonchev–Trinajstić information content (AvgIpc) is 2.88. The number of ketones is 1. The molecule has 3 aromatic rings. The van der Waals surface area contributed by atoms with Gasteiger partial charge < -0.3 is 15.0 Å². The predicted octanol–water partition coefficient (Wildman–Crippen LogP) is 4.72. The molecule has 0 saturated heterocycles. The highest BCUT2D eigenvalue weighted by Gasteiger charge is 2.26. The van der Waals surface area contributed by atoms with Crippen LogP contribution < -0.4 is 10.1 Å². The van der Waals surface area contributed by atoms with Crippen molar-refractivity contribution in [2.75, 3.05) is 13.6 Å². The number of fused-ring (bicyclic) bond motifs is 1. The van der Waals surface area contributed by atoms with Gasteiger partial charge >= 0.3 is 12.0 Å². The van der Waals surface area contributed by atoms with Crippen molar-refractivity contribution in [2.45, 2.75) is 32.2 Å². The van der Waals surface area contributed by atoms with E-state index in [1.807, 2.05) is 79.8 Å². The number of carbonyl (C=O) groups is 3. The quantitative estimate of drug-likeness (QED) is 0.308. The van der Waals surface area contributed by atoms with Crippen molar-refractivity contribution >= 4 is 17.8 Å². The number of benzene rings is 3. The average molecular weight is 471 g/mol. The summed E-state index contributed by atoms with van der Waals surface area (Å²) in [4.78, 5) is 38.0. The van der Waals surface area contributed by atoms with Crippen LogP contribution in [-0.2, 0) is 22.4 Å². The molecule has 1 unspecified atom stereocenters. The molecule has 0 aliphatic heterocycles. The molecule has 1 N–H and O–H groups in total. The monoisotopic (exact) mass is 470 g/mol. The van der Waals surface area contributed by atoms with E-state index in [0.717, 1.165) is 41.5 Å². The molecule has 180 valence electrons. The number of nitrogens with zero attached hydrogens (tertiary/aromatic N) is 1. The van der Waals surface area contributed by atoms with Crippen LogP contribution in [0.5, 0.6) is 5.75 Å². The van der Waals surface area contributed by atoms with Crippen molar-refractivity contribution in [1.82, 2.24) is 10.2 Å². The third-order valence-electron chi connectivity index (χ3n) is 6.44. The molecule has 1 atom stereocenters. The molecular weight excluding hydrogens is 440 g/mol. The van der Waals surface area contributed by atoms with Crippen LogP contribution >= 0.6 is 0 Å². The SMILES string of the molecule is CC(=O)C(=O)Oc1cccc2c1CCC(CN(C)C(=O)NC(c1ccccc1)c1ccccc1)C2. The number of rotatable bonds is 7. The highest BCUT2D eigenvalue weighted by atomic mass is 16.5. The molecule has 2 amide bonds. The summed E-state index contributed by atoms with van der Waals surface area (Å²) in [5, 5.41) is 3.20. The maximum absolute atomic E-state index is 13.2. The van der Waals surface area contributed by atoms with E-state index in [9.17, 15) is 14.4 Å². The molecule has 0 bridgehead atoms. The van der Waals surface area contributed by atoms with Gasteiger partial charge in [0.15, 0.2) is 0 Å². The van der Waals surface area contributed by atoms with Crippen molar-refractivity contribution in [1.29, 1.82) is 0 Å². The first-order chi connectivity index (χ1) is 16.9. The Morgan fingerprint density at radius 2 is 1.57 bits per heavy atom. The first kappa shape index (κ1) is 24.2. The first-order valence-electron chi connectivity index (χ1n) is 11.9. The second-order valence-corrected chi connectivity index (χ2v) is 9.03. The fourth-order valence-electron chi connectivity index (χ4n) is 4.62. The number of carbonyl (C=O) groups excluding carboxylic acids is 3. The number of hydrogen-bond donors (Lipinski definition) is 1. The Labute approximate surface area is 205 Å². The molecular formula is C29H30N2O4. The van der Waals surface area contributed by atoms with E-state index in [2.05, 4.69) is 5.32 Å². The topological polar surface area (TPSA) is 75.7 Å². The molecule has 0 heterocycles. The molecule has 35 heavy (non-hydrogen) atoms. The molecule has 1 aliphatic carbocycles. The highest BCUT2D eigenvalue weighted by molar-refractivity contribution is 6.33. The smallest absolute Gasteiger partial charge is 0.379 e. The summed E-state index contributed by atoms with van der Waals surface area (Å²) in [5.74, 6) is -0.721. The van der Waals surface area contributed by atoms with Gasteiger partial charge in [0.1, 0.15) is 5.75 Å². The van der Waals surface area contributed by atoms with Crippen molar-refractivity contribution in [3.63, 3.8) is 0 Å². The molecule has 4 rings (SSSR count). The number of urea groups is 1. The van der Waals surface area contributed by atoms with Gasteiger partial charge in [-0.15, -0.1) is 0 Å². The molecule has 0 saturated carbocycles. The number of Topliss-reactive ketones (excluding diaryl/α,β-unsaturated/α-hetero) is 1. The maximum atomic E-state index is 13.2. The largest absolute Gasteiger partial charge is 0.421 e. The normalized spacial score (nSPS) is 14.7. The lowest BCUT2D eigenvalue weighted by molar-refractivity contribution is -0.146. The van der Waals surface area contributed by atoms with Crippen LogP contribution in [0.1, 0.15) is 41.6 Å². The summed E-state index contributed by atoms with van der Waals surface area (Å²) < 4.78 is 5.29. The molecule has 0 fully saturated rings. The summed E-state index contributed by atoms with van der Waals surface area (Å²) in [6.45, 7) is 1.81. The van der Waals surface area contributed by atoms with Crippen LogP contribution in [-0.4, -0.2) is 36.3 Å². The first-order valence-corrected chi connectivity index (χ1v) is 11.9. The summed E-state index contributed by atoms with van der Waals surface area (Å²) >= 11 is 0. The van der Waals surface area contributed by atoms with Gasteiger partial charge in [0.05, 0.1) is 6.04 Å². The van der Waals surface area contributed by atoms with Gasteiger partial charge in [0.25, 0.3) is 0 Å². The van der Waals surface area contributed by atoms with E-state index < -0.39 is 11.8 Å². The molecule has 0 radical (unpaired) electrons. The summed E-state index contributed by atoms with van der Waals surface area (Å²) in [5.41, 5.74) is 4.12. The van der Waals surface area contributed by atoms with Gasteiger partial charge in [-0.2, -0.15) is 0 Å². The number of esters is 1. The zero-order valence-corrected chi connectivity index (χ0v) is 20.1. The van der Waals surface area contributed by atoms with Crippen LogP contribution in [0.3, 0.4) is 0 Å². The van der Waals surface area contributed by atoms with Gasteiger partial charge in [-0.05, 0) is 53.5 Å². The third-order valence-corrected chi connectivity index (χ3v) is 6.44. The molecule has 0 aromatic heterocycles. The Balaban J connectivity index is 1.42. The fourth-order valence-corrected chi connectivity index (χ4v) is 4.62. The summed E-state index contributed by atoms with van der Waals surface area (Å²) in [7, 11) is 1.82. The van der Waals surface area contributed by atoms with Crippen LogP contribution in [0.4, 0.5) is 4.79 Å². The number of hydrogen-bond acceptors (Lipinski definition) is 4. The maximum Gasteiger partial charge on any atom is 0.379 e. The fraction of sp³-hybridized carbons (Fsp3) is 0.276. The van der Waals surface area contributed by atoms with E-state index >= 15 is 0 Å². The number of ether oxygens (including phenoxy) is 1. The molecule has 6 heteroatoms. The second-order valence-electron chi connectivity index (χ2n) is 9.03. The predicted molar refractivity (Wildman–Crippen MR) is 134 cm³/mol.